The van der Waals surface area contributed by atoms with E-state index in [0.29, 0.717) is 6.08 Å². The summed E-state index contributed by atoms with van der Waals surface area (Å²) < 4.78 is 88.6. The highest BCUT2D eigenvalue weighted by atomic mass is 28.4. The maximum Gasteiger partial charge on any atom is 0.528 e. The summed E-state index contributed by atoms with van der Waals surface area (Å²) in [5.41, 5.74) is -4.01. The first-order valence-corrected chi connectivity index (χ1v) is 6.88. The Morgan fingerprint density at radius 1 is 0.900 bits per heavy atom. The zero-order valence-corrected chi connectivity index (χ0v) is 11.8. The van der Waals surface area contributed by atoms with Crippen LogP contribution < -0.4 is 0 Å². The molecule has 0 aromatic carbocycles. The number of hydrogen-bond donors (Lipinski definition) is 1. The smallest absolute Gasteiger partial charge is 0.374 e. The summed E-state index contributed by atoms with van der Waals surface area (Å²) in [6, 6.07) is 0. The van der Waals surface area contributed by atoms with Gasteiger partial charge in [-0.1, -0.05) is 6.08 Å². The zero-order valence-electron chi connectivity index (χ0n) is 10.8. The zero-order chi connectivity index (χ0) is 16.2. The highest BCUT2D eigenvalue weighted by Gasteiger charge is 2.69. The molecule has 0 rings (SSSR count). The van der Waals surface area contributed by atoms with Crippen LogP contribution >= 0.6 is 0 Å². The first-order chi connectivity index (χ1) is 8.89. The van der Waals surface area contributed by atoms with Gasteiger partial charge in [-0.15, -0.1) is 0 Å². The Bertz CT molecular complexity index is 314. The molecule has 4 nitrogen and oxygen atoms in total. The minimum absolute atomic E-state index is 0.476. The van der Waals surface area contributed by atoms with Crippen LogP contribution in [0.2, 0.25) is 0 Å². The van der Waals surface area contributed by atoms with Crippen molar-refractivity contribution in [3.05, 3.63) is 11.8 Å². The molecule has 0 aromatic rings. The van der Waals surface area contributed by atoms with Crippen molar-refractivity contribution in [2.45, 2.75) is 24.4 Å². The Morgan fingerprint density at radius 2 is 1.25 bits per heavy atom. The van der Waals surface area contributed by atoms with Gasteiger partial charge in [0.2, 0.25) is 0 Å². The molecule has 0 atom stereocenters. The highest BCUT2D eigenvalue weighted by molar-refractivity contribution is 6.66. The molecule has 0 saturated carbocycles. The Hall–Kier alpha value is -0.623. The third-order valence-electron chi connectivity index (χ3n) is 2.53. The number of aliphatic hydroxyl groups is 1. The normalized spacial score (nSPS) is 15.1. The van der Waals surface area contributed by atoms with Crippen molar-refractivity contribution in [3.8, 4) is 0 Å². The summed E-state index contributed by atoms with van der Waals surface area (Å²) in [6.45, 7) is 0. The molecule has 0 saturated heterocycles. The molecule has 1 N–H and O–H groups in total. The van der Waals surface area contributed by atoms with Crippen molar-refractivity contribution >= 4 is 8.80 Å². The van der Waals surface area contributed by atoms with Crippen molar-refractivity contribution in [2.75, 3.05) is 21.3 Å². The van der Waals surface area contributed by atoms with Crippen molar-refractivity contribution in [1.29, 1.82) is 0 Å². The van der Waals surface area contributed by atoms with Gasteiger partial charge in [0.1, 0.15) is 0 Å². The first kappa shape index (κ1) is 19.4. The molecule has 0 aliphatic rings. The Kier molecular flexibility index (Phi) is 6.23. The van der Waals surface area contributed by atoms with E-state index < -0.39 is 33.2 Å². The summed E-state index contributed by atoms with van der Waals surface area (Å²) >= 11 is 0. The van der Waals surface area contributed by atoms with Gasteiger partial charge in [-0.05, 0) is 5.70 Å². The van der Waals surface area contributed by atoms with E-state index in [1.54, 1.807) is 0 Å². The second-order valence-corrected chi connectivity index (χ2v) is 6.44. The van der Waals surface area contributed by atoms with Crippen LogP contribution in [0.25, 0.3) is 0 Å². The van der Waals surface area contributed by atoms with E-state index in [-0.39, 0.29) is 0 Å². The van der Waals surface area contributed by atoms with E-state index in [2.05, 4.69) is 0 Å². The second kappa shape index (κ2) is 6.43. The van der Waals surface area contributed by atoms with E-state index >= 15 is 0 Å². The van der Waals surface area contributed by atoms with Crippen molar-refractivity contribution < 1.29 is 44.7 Å². The van der Waals surface area contributed by atoms with Gasteiger partial charge in [0.05, 0.1) is 0 Å². The number of halogens is 6. The van der Waals surface area contributed by atoms with Gasteiger partial charge in [0, 0.05) is 27.8 Å². The maximum atomic E-state index is 12.4. The SMILES string of the molecule is CO[Si](C=CCC(O)(C(F)(F)F)C(F)(F)F)(OC)OC. The van der Waals surface area contributed by atoms with Gasteiger partial charge in [0.15, 0.2) is 0 Å². The number of alkyl halides is 6. The molecule has 0 amide bonds. The molecular formula is C9H14F6O4Si. The monoisotopic (exact) mass is 328 g/mol. The number of rotatable bonds is 6. The largest absolute Gasteiger partial charge is 0.528 e. The fourth-order valence-electron chi connectivity index (χ4n) is 1.22. The molecule has 120 valence electrons. The summed E-state index contributed by atoms with van der Waals surface area (Å²) in [6.07, 6.45) is -13.0. The molecule has 0 aliphatic carbocycles. The average molecular weight is 328 g/mol. The van der Waals surface area contributed by atoms with Crippen LogP contribution in [0.4, 0.5) is 26.3 Å². The summed E-state index contributed by atoms with van der Waals surface area (Å²) in [4.78, 5) is 0. The summed E-state index contributed by atoms with van der Waals surface area (Å²) in [5.74, 6) is 0. The van der Waals surface area contributed by atoms with Crippen LogP contribution in [-0.2, 0) is 13.3 Å². The Morgan fingerprint density at radius 3 is 1.50 bits per heavy atom. The minimum atomic E-state index is -5.87. The third-order valence-corrected chi connectivity index (χ3v) is 4.88. The molecule has 0 unspecified atom stereocenters. The lowest BCUT2D eigenvalue weighted by atomic mass is 9.98. The molecule has 0 aromatic heterocycles. The molecule has 0 fully saturated rings. The van der Waals surface area contributed by atoms with Crippen LogP contribution in [0.1, 0.15) is 6.42 Å². The lowest BCUT2D eigenvalue weighted by molar-refractivity contribution is -0.366. The van der Waals surface area contributed by atoms with Gasteiger partial charge in [-0.25, -0.2) is 0 Å². The fraction of sp³-hybridized carbons (Fsp3) is 0.778. The maximum absolute atomic E-state index is 12.4. The first-order valence-electron chi connectivity index (χ1n) is 5.08. The Balaban J connectivity index is 5.26. The summed E-state index contributed by atoms with van der Waals surface area (Å²) in [7, 11) is -0.0770. The van der Waals surface area contributed by atoms with E-state index in [1.807, 2.05) is 0 Å². The van der Waals surface area contributed by atoms with Crippen molar-refractivity contribution in [3.63, 3.8) is 0 Å². The second-order valence-electron chi connectivity index (χ2n) is 3.68. The average Bonchev–Trinajstić information content (AvgIpc) is 2.32. The topological polar surface area (TPSA) is 47.9 Å². The van der Waals surface area contributed by atoms with Crippen LogP contribution in [0.5, 0.6) is 0 Å². The molecule has 0 radical (unpaired) electrons. The molecule has 20 heavy (non-hydrogen) atoms. The Labute approximate surface area is 112 Å². The van der Waals surface area contributed by atoms with Gasteiger partial charge in [-0.3, -0.25) is 0 Å². The quantitative estimate of drug-likeness (QED) is 0.600. The van der Waals surface area contributed by atoms with Crippen molar-refractivity contribution in [2.24, 2.45) is 0 Å². The molecular weight excluding hydrogens is 314 g/mol. The van der Waals surface area contributed by atoms with Gasteiger partial charge in [-0.2, -0.15) is 26.3 Å². The third kappa shape index (κ3) is 3.94. The van der Waals surface area contributed by atoms with E-state index in [9.17, 15) is 26.3 Å². The lowest BCUT2D eigenvalue weighted by Crippen LogP contribution is -2.56. The predicted molar refractivity (Wildman–Crippen MR) is 57.6 cm³/mol. The summed E-state index contributed by atoms with van der Waals surface area (Å²) in [5, 5.41) is 8.89. The van der Waals surface area contributed by atoms with E-state index in [0.717, 1.165) is 27.0 Å². The minimum Gasteiger partial charge on any atom is -0.374 e. The van der Waals surface area contributed by atoms with Gasteiger partial charge < -0.3 is 18.4 Å². The van der Waals surface area contributed by atoms with Crippen LogP contribution in [0.15, 0.2) is 11.8 Å². The molecule has 0 heterocycles. The van der Waals surface area contributed by atoms with Crippen LogP contribution in [0, 0.1) is 0 Å². The predicted octanol–water partition coefficient (Wildman–Crippen LogP) is 2.21. The van der Waals surface area contributed by atoms with Gasteiger partial charge in [0.25, 0.3) is 5.60 Å². The standard InChI is InChI=1S/C9H14F6O4Si/c1-17-20(18-2,19-3)6-4-5-7(16,8(10,11)12)9(13,14)15/h4,6,16H,5H2,1-3H3. The fourth-order valence-corrected chi connectivity index (χ4v) is 2.53. The van der Waals surface area contributed by atoms with Crippen molar-refractivity contribution in [1.82, 2.24) is 0 Å². The molecule has 0 spiro atoms. The van der Waals surface area contributed by atoms with Crippen LogP contribution in [-0.4, -0.2) is 53.2 Å². The van der Waals surface area contributed by atoms with E-state index in [4.69, 9.17) is 18.4 Å². The number of hydrogen-bond acceptors (Lipinski definition) is 4. The van der Waals surface area contributed by atoms with Gasteiger partial charge >= 0.3 is 21.2 Å². The van der Waals surface area contributed by atoms with E-state index in [1.165, 1.54) is 0 Å². The molecule has 0 aliphatic heterocycles. The lowest BCUT2D eigenvalue weighted by Gasteiger charge is -2.31. The van der Waals surface area contributed by atoms with Crippen LogP contribution in [0.3, 0.4) is 0 Å². The highest BCUT2D eigenvalue weighted by Crippen LogP contribution is 2.45. The molecule has 0 bridgehead atoms. The molecule has 11 heteroatoms.